The average molecular weight is 302 g/mol. The Morgan fingerprint density at radius 2 is 2.16 bits per heavy atom. The summed E-state index contributed by atoms with van der Waals surface area (Å²) in [5, 5.41) is 7.66. The SMILES string of the molecule is Cc1cc(OCc2cn(C)nn2)ccc1S(=O)(=O)Cl. The molecule has 0 saturated heterocycles. The average Bonchev–Trinajstić information content (AvgIpc) is 2.71. The Morgan fingerprint density at radius 1 is 1.42 bits per heavy atom. The van der Waals surface area contributed by atoms with E-state index in [1.165, 1.54) is 6.07 Å². The van der Waals surface area contributed by atoms with Crippen LogP contribution in [-0.4, -0.2) is 23.4 Å². The van der Waals surface area contributed by atoms with Gasteiger partial charge in [-0.15, -0.1) is 5.10 Å². The van der Waals surface area contributed by atoms with E-state index in [0.29, 0.717) is 17.0 Å². The Labute approximate surface area is 115 Å². The van der Waals surface area contributed by atoms with Crippen molar-refractivity contribution >= 4 is 19.7 Å². The Balaban J connectivity index is 2.12. The Kier molecular flexibility index (Phi) is 3.77. The van der Waals surface area contributed by atoms with Gasteiger partial charge in [0, 0.05) is 17.7 Å². The molecular weight excluding hydrogens is 290 g/mol. The number of rotatable bonds is 4. The number of aromatic nitrogens is 3. The molecule has 1 aromatic carbocycles. The Hall–Kier alpha value is -1.60. The molecule has 0 radical (unpaired) electrons. The van der Waals surface area contributed by atoms with Crippen molar-refractivity contribution in [3.05, 3.63) is 35.7 Å². The second kappa shape index (κ2) is 5.18. The van der Waals surface area contributed by atoms with Gasteiger partial charge in [-0.2, -0.15) is 0 Å². The summed E-state index contributed by atoms with van der Waals surface area (Å²) in [5.74, 6) is 0.548. The van der Waals surface area contributed by atoms with E-state index in [1.54, 1.807) is 37.0 Å². The van der Waals surface area contributed by atoms with Crippen LogP contribution in [0.3, 0.4) is 0 Å². The van der Waals surface area contributed by atoms with Crippen molar-refractivity contribution in [3.63, 3.8) is 0 Å². The van der Waals surface area contributed by atoms with Gasteiger partial charge in [0.25, 0.3) is 9.05 Å². The summed E-state index contributed by atoms with van der Waals surface area (Å²) in [6.07, 6.45) is 1.74. The highest BCUT2D eigenvalue weighted by Gasteiger charge is 2.13. The lowest BCUT2D eigenvalue weighted by atomic mass is 10.2. The fraction of sp³-hybridized carbons (Fsp3) is 0.273. The van der Waals surface area contributed by atoms with E-state index in [1.807, 2.05) is 0 Å². The van der Waals surface area contributed by atoms with Gasteiger partial charge in [0.2, 0.25) is 0 Å². The molecule has 0 spiro atoms. The number of hydrogen-bond donors (Lipinski definition) is 0. The molecule has 0 aliphatic rings. The van der Waals surface area contributed by atoms with Crippen molar-refractivity contribution in [1.82, 2.24) is 15.0 Å². The van der Waals surface area contributed by atoms with Gasteiger partial charge in [-0.3, -0.25) is 4.68 Å². The lowest BCUT2D eigenvalue weighted by Gasteiger charge is -2.07. The maximum absolute atomic E-state index is 11.3. The molecule has 0 aliphatic heterocycles. The topological polar surface area (TPSA) is 74.1 Å². The van der Waals surface area contributed by atoms with Crippen LogP contribution in [-0.2, 0) is 22.7 Å². The summed E-state index contributed by atoms with van der Waals surface area (Å²) in [6, 6.07) is 4.59. The quantitative estimate of drug-likeness (QED) is 0.802. The summed E-state index contributed by atoms with van der Waals surface area (Å²) >= 11 is 0. The lowest BCUT2D eigenvalue weighted by molar-refractivity contribution is 0.300. The molecule has 8 heteroatoms. The number of aryl methyl sites for hydroxylation is 2. The first-order valence-corrected chi connectivity index (χ1v) is 7.70. The van der Waals surface area contributed by atoms with Gasteiger partial charge in [-0.05, 0) is 30.7 Å². The number of nitrogens with zero attached hydrogens (tertiary/aromatic N) is 3. The van der Waals surface area contributed by atoms with Crippen molar-refractivity contribution in [1.29, 1.82) is 0 Å². The van der Waals surface area contributed by atoms with Crippen LogP contribution in [0.15, 0.2) is 29.3 Å². The van der Waals surface area contributed by atoms with Crippen LogP contribution in [0.1, 0.15) is 11.3 Å². The zero-order valence-corrected chi connectivity index (χ0v) is 11.9. The normalized spacial score (nSPS) is 11.5. The molecule has 1 heterocycles. The molecule has 0 bridgehead atoms. The fourth-order valence-electron chi connectivity index (χ4n) is 1.60. The minimum atomic E-state index is -3.72. The molecule has 0 saturated carbocycles. The summed E-state index contributed by atoms with van der Waals surface area (Å²) in [7, 11) is 3.34. The van der Waals surface area contributed by atoms with Crippen molar-refractivity contribution < 1.29 is 13.2 Å². The molecule has 1 aromatic heterocycles. The third kappa shape index (κ3) is 3.45. The van der Waals surface area contributed by atoms with Crippen LogP contribution in [0.4, 0.5) is 0 Å². The second-order valence-corrected chi connectivity index (χ2v) is 6.57. The van der Waals surface area contributed by atoms with Gasteiger partial charge < -0.3 is 4.74 Å². The third-order valence-corrected chi connectivity index (χ3v) is 3.93. The van der Waals surface area contributed by atoms with Crippen LogP contribution >= 0.6 is 10.7 Å². The van der Waals surface area contributed by atoms with Crippen LogP contribution in [0, 0.1) is 6.92 Å². The molecule has 6 nitrogen and oxygen atoms in total. The first kappa shape index (κ1) is 13.8. The fourth-order valence-corrected chi connectivity index (χ4v) is 2.80. The molecule has 0 aliphatic carbocycles. The van der Waals surface area contributed by atoms with Crippen LogP contribution in [0.5, 0.6) is 5.75 Å². The molecule has 0 amide bonds. The standard InChI is InChI=1S/C11H12ClN3O3S/c1-8-5-10(3-4-11(8)19(12,16)17)18-7-9-6-15(2)14-13-9/h3-6H,7H2,1-2H3. The minimum Gasteiger partial charge on any atom is -0.487 e. The number of ether oxygens (including phenoxy) is 1. The monoisotopic (exact) mass is 301 g/mol. The second-order valence-electron chi connectivity index (χ2n) is 4.04. The van der Waals surface area contributed by atoms with E-state index >= 15 is 0 Å². The molecule has 0 fully saturated rings. The highest BCUT2D eigenvalue weighted by Crippen LogP contribution is 2.24. The van der Waals surface area contributed by atoms with E-state index < -0.39 is 9.05 Å². The van der Waals surface area contributed by atoms with Crippen LogP contribution in [0.2, 0.25) is 0 Å². The highest BCUT2D eigenvalue weighted by atomic mass is 35.7. The van der Waals surface area contributed by atoms with Gasteiger partial charge in [-0.1, -0.05) is 5.21 Å². The van der Waals surface area contributed by atoms with Gasteiger partial charge in [0.05, 0.1) is 11.1 Å². The highest BCUT2D eigenvalue weighted by molar-refractivity contribution is 8.13. The zero-order chi connectivity index (χ0) is 14.0. The lowest BCUT2D eigenvalue weighted by Crippen LogP contribution is -1.98. The van der Waals surface area contributed by atoms with Gasteiger partial charge in [0.1, 0.15) is 18.1 Å². The molecule has 0 unspecified atom stereocenters. The Bertz CT molecular complexity index is 697. The predicted molar refractivity (Wildman–Crippen MR) is 69.6 cm³/mol. The third-order valence-electron chi connectivity index (χ3n) is 2.45. The van der Waals surface area contributed by atoms with Crippen LogP contribution in [0.25, 0.3) is 0 Å². The molecule has 2 rings (SSSR count). The Morgan fingerprint density at radius 3 is 2.68 bits per heavy atom. The van der Waals surface area contributed by atoms with E-state index in [4.69, 9.17) is 15.4 Å². The molecule has 2 aromatic rings. The zero-order valence-electron chi connectivity index (χ0n) is 10.4. The molecule has 102 valence electrons. The van der Waals surface area contributed by atoms with Gasteiger partial charge in [0.15, 0.2) is 0 Å². The molecular formula is C11H12ClN3O3S. The maximum atomic E-state index is 11.3. The summed E-state index contributed by atoms with van der Waals surface area (Å²) in [6.45, 7) is 1.92. The van der Waals surface area contributed by atoms with Crippen molar-refractivity contribution in [2.45, 2.75) is 18.4 Å². The van der Waals surface area contributed by atoms with Gasteiger partial charge in [-0.25, -0.2) is 8.42 Å². The predicted octanol–water partition coefficient (Wildman–Crippen LogP) is 1.63. The number of halogens is 1. The minimum absolute atomic E-state index is 0.0843. The first-order chi connectivity index (χ1) is 8.86. The van der Waals surface area contributed by atoms with Crippen LogP contribution < -0.4 is 4.74 Å². The smallest absolute Gasteiger partial charge is 0.261 e. The molecule has 19 heavy (non-hydrogen) atoms. The number of hydrogen-bond acceptors (Lipinski definition) is 5. The van der Waals surface area contributed by atoms with Crippen molar-refractivity contribution in [3.8, 4) is 5.75 Å². The first-order valence-electron chi connectivity index (χ1n) is 5.39. The van der Waals surface area contributed by atoms with E-state index in [9.17, 15) is 8.42 Å². The summed E-state index contributed by atoms with van der Waals surface area (Å²) < 4.78 is 29.6. The van der Waals surface area contributed by atoms with E-state index in [-0.39, 0.29) is 11.5 Å². The number of benzene rings is 1. The largest absolute Gasteiger partial charge is 0.487 e. The van der Waals surface area contributed by atoms with E-state index in [0.717, 1.165) is 0 Å². The summed E-state index contributed by atoms with van der Waals surface area (Å²) in [5.41, 5.74) is 1.22. The molecule has 0 atom stereocenters. The van der Waals surface area contributed by atoms with Gasteiger partial charge >= 0.3 is 0 Å². The molecule has 0 N–H and O–H groups in total. The van der Waals surface area contributed by atoms with Crippen molar-refractivity contribution in [2.75, 3.05) is 0 Å². The van der Waals surface area contributed by atoms with E-state index in [2.05, 4.69) is 10.3 Å². The van der Waals surface area contributed by atoms with Crippen molar-refractivity contribution in [2.24, 2.45) is 7.05 Å². The maximum Gasteiger partial charge on any atom is 0.261 e. The summed E-state index contributed by atoms with van der Waals surface area (Å²) in [4.78, 5) is 0.0843.